The van der Waals surface area contributed by atoms with Gasteiger partial charge in [0.25, 0.3) is 5.69 Å². The van der Waals surface area contributed by atoms with Crippen molar-refractivity contribution in [2.24, 2.45) is 0 Å². The first kappa shape index (κ1) is 18.0. The molecule has 142 valence electrons. The minimum atomic E-state index is -0.409. The van der Waals surface area contributed by atoms with Gasteiger partial charge in [-0.2, -0.15) is 0 Å². The molecule has 0 saturated carbocycles. The fourth-order valence-electron chi connectivity index (χ4n) is 3.84. The summed E-state index contributed by atoms with van der Waals surface area (Å²) in [6.07, 6.45) is 1.42. The Balaban J connectivity index is 1.71. The highest BCUT2D eigenvalue weighted by atomic mass is 19.1. The number of phenolic OH excluding ortho intramolecular Hbond substituents is 1. The third-order valence-electron chi connectivity index (χ3n) is 5.22. The second kappa shape index (κ2) is 7.31. The average Bonchev–Trinajstić information content (AvgIpc) is 2.69. The third-order valence-corrected chi connectivity index (χ3v) is 5.22. The SMILES string of the molecule is O=[N+]([O-])c1ccc(CC2c3ccc(O)cc3CCN2c2ccc(F)cc2)cc1. The molecule has 0 aromatic heterocycles. The highest BCUT2D eigenvalue weighted by molar-refractivity contribution is 5.54. The number of non-ortho nitro benzene ring substituents is 1. The Hall–Kier alpha value is -3.41. The van der Waals surface area contributed by atoms with Gasteiger partial charge in [-0.1, -0.05) is 18.2 Å². The summed E-state index contributed by atoms with van der Waals surface area (Å²) in [6.45, 7) is 0.736. The Morgan fingerprint density at radius 3 is 2.46 bits per heavy atom. The molecule has 0 bridgehead atoms. The van der Waals surface area contributed by atoms with E-state index in [0.717, 1.165) is 35.3 Å². The summed E-state index contributed by atoms with van der Waals surface area (Å²) in [5.41, 5.74) is 4.15. The fourth-order valence-corrected chi connectivity index (χ4v) is 3.84. The molecule has 1 atom stereocenters. The highest BCUT2D eigenvalue weighted by Gasteiger charge is 2.28. The largest absolute Gasteiger partial charge is 0.508 e. The quantitative estimate of drug-likeness (QED) is 0.524. The number of nitrogens with zero attached hydrogens (tertiary/aromatic N) is 2. The van der Waals surface area contributed by atoms with Crippen molar-refractivity contribution in [1.29, 1.82) is 0 Å². The fraction of sp³-hybridized carbons (Fsp3) is 0.182. The van der Waals surface area contributed by atoms with Crippen LogP contribution in [-0.2, 0) is 12.8 Å². The molecule has 4 rings (SSSR count). The van der Waals surface area contributed by atoms with Gasteiger partial charge in [-0.05, 0) is 65.9 Å². The maximum atomic E-state index is 13.4. The molecule has 0 fully saturated rings. The van der Waals surface area contributed by atoms with Gasteiger partial charge in [-0.25, -0.2) is 4.39 Å². The predicted octanol–water partition coefficient (Wildman–Crippen LogP) is 4.79. The number of nitro groups is 1. The zero-order valence-electron chi connectivity index (χ0n) is 15.1. The summed E-state index contributed by atoms with van der Waals surface area (Å²) in [5, 5.41) is 20.7. The van der Waals surface area contributed by atoms with E-state index >= 15 is 0 Å². The second-order valence-corrected chi connectivity index (χ2v) is 6.95. The van der Waals surface area contributed by atoms with Crippen LogP contribution in [0.3, 0.4) is 0 Å². The molecule has 5 nitrogen and oxygen atoms in total. The molecule has 3 aromatic rings. The number of nitro benzene ring substituents is 1. The number of phenols is 1. The lowest BCUT2D eigenvalue weighted by molar-refractivity contribution is -0.384. The van der Waals surface area contributed by atoms with E-state index in [1.54, 1.807) is 36.4 Å². The summed E-state index contributed by atoms with van der Waals surface area (Å²) >= 11 is 0. The van der Waals surface area contributed by atoms with E-state index in [9.17, 15) is 19.6 Å². The first-order chi connectivity index (χ1) is 13.5. The zero-order valence-corrected chi connectivity index (χ0v) is 15.1. The minimum absolute atomic E-state index is 0.0173. The number of benzene rings is 3. The van der Waals surface area contributed by atoms with Crippen LogP contribution >= 0.6 is 0 Å². The van der Waals surface area contributed by atoms with Crippen LogP contribution in [0.2, 0.25) is 0 Å². The van der Waals surface area contributed by atoms with Crippen LogP contribution in [0.25, 0.3) is 0 Å². The molecule has 1 N–H and O–H groups in total. The Morgan fingerprint density at radius 2 is 1.79 bits per heavy atom. The van der Waals surface area contributed by atoms with E-state index in [1.165, 1.54) is 24.3 Å². The number of rotatable bonds is 4. The van der Waals surface area contributed by atoms with Gasteiger partial charge in [0, 0.05) is 24.4 Å². The van der Waals surface area contributed by atoms with Crippen molar-refractivity contribution in [3.8, 4) is 5.75 Å². The molecule has 1 unspecified atom stereocenters. The van der Waals surface area contributed by atoms with E-state index in [2.05, 4.69) is 4.90 Å². The standard InChI is InChI=1S/C22H19FN2O3/c23-17-3-7-18(8-4-17)24-12-11-16-14-20(26)9-10-21(16)22(24)13-15-1-5-19(6-2-15)25(27)28/h1-10,14,22,26H,11-13H2. The summed E-state index contributed by atoms with van der Waals surface area (Å²) < 4.78 is 13.4. The first-order valence-electron chi connectivity index (χ1n) is 9.08. The van der Waals surface area contributed by atoms with E-state index < -0.39 is 4.92 Å². The molecule has 0 aliphatic carbocycles. The van der Waals surface area contributed by atoms with Gasteiger partial charge < -0.3 is 10.0 Å². The number of hydrogen-bond donors (Lipinski definition) is 1. The lowest BCUT2D eigenvalue weighted by Crippen LogP contribution is -2.36. The summed E-state index contributed by atoms with van der Waals surface area (Å²) in [5.74, 6) is -0.0407. The molecular weight excluding hydrogens is 359 g/mol. The Morgan fingerprint density at radius 1 is 1.07 bits per heavy atom. The van der Waals surface area contributed by atoms with Gasteiger partial charge in [0.1, 0.15) is 11.6 Å². The monoisotopic (exact) mass is 378 g/mol. The predicted molar refractivity (Wildman–Crippen MR) is 105 cm³/mol. The topological polar surface area (TPSA) is 66.6 Å². The summed E-state index contributed by atoms with van der Waals surface area (Å²) in [6, 6.07) is 18.4. The Kier molecular flexibility index (Phi) is 4.69. The Labute approximate surface area is 161 Å². The average molecular weight is 378 g/mol. The maximum Gasteiger partial charge on any atom is 0.269 e. The molecule has 1 aliphatic rings. The number of halogens is 1. The molecule has 0 spiro atoms. The molecule has 0 amide bonds. The number of aromatic hydroxyl groups is 1. The third kappa shape index (κ3) is 3.53. The van der Waals surface area contributed by atoms with Crippen molar-refractivity contribution >= 4 is 11.4 Å². The van der Waals surface area contributed by atoms with Gasteiger partial charge in [0.2, 0.25) is 0 Å². The number of fused-ring (bicyclic) bond motifs is 1. The first-order valence-corrected chi connectivity index (χ1v) is 9.08. The molecule has 0 saturated heterocycles. The van der Waals surface area contributed by atoms with Crippen LogP contribution in [0, 0.1) is 15.9 Å². The zero-order chi connectivity index (χ0) is 19.7. The highest BCUT2D eigenvalue weighted by Crippen LogP contribution is 2.37. The number of anilines is 1. The van der Waals surface area contributed by atoms with Crippen molar-refractivity contribution < 1.29 is 14.4 Å². The van der Waals surface area contributed by atoms with Crippen LogP contribution < -0.4 is 4.90 Å². The molecule has 1 heterocycles. The molecule has 28 heavy (non-hydrogen) atoms. The second-order valence-electron chi connectivity index (χ2n) is 6.95. The van der Waals surface area contributed by atoms with Crippen molar-refractivity contribution in [2.45, 2.75) is 18.9 Å². The van der Waals surface area contributed by atoms with Crippen LogP contribution in [0.4, 0.5) is 15.8 Å². The van der Waals surface area contributed by atoms with Gasteiger partial charge in [0.05, 0.1) is 11.0 Å². The molecular formula is C22H19FN2O3. The van der Waals surface area contributed by atoms with Gasteiger partial charge in [0.15, 0.2) is 0 Å². The van der Waals surface area contributed by atoms with Crippen LogP contribution in [0.1, 0.15) is 22.7 Å². The van der Waals surface area contributed by atoms with Crippen LogP contribution in [0.5, 0.6) is 5.75 Å². The lowest BCUT2D eigenvalue weighted by atomic mass is 9.88. The Bertz CT molecular complexity index is 1000. The normalized spacial score (nSPS) is 15.9. The minimum Gasteiger partial charge on any atom is -0.508 e. The maximum absolute atomic E-state index is 13.4. The van der Waals surface area contributed by atoms with Gasteiger partial charge in [-0.15, -0.1) is 0 Å². The van der Waals surface area contributed by atoms with Crippen LogP contribution in [-0.4, -0.2) is 16.6 Å². The molecule has 0 radical (unpaired) electrons. The van der Waals surface area contributed by atoms with E-state index in [4.69, 9.17) is 0 Å². The summed E-state index contributed by atoms with van der Waals surface area (Å²) in [4.78, 5) is 12.7. The molecule has 6 heteroatoms. The van der Waals surface area contributed by atoms with Crippen molar-refractivity contribution in [2.75, 3.05) is 11.4 Å². The van der Waals surface area contributed by atoms with Gasteiger partial charge >= 0.3 is 0 Å². The number of hydrogen-bond acceptors (Lipinski definition) is 4. The van der Waals surface area contributed by atoms with E-state index in [0.29, 0.717) is 6.42 Å². The van der Waals surface area contributed by atoms with Crippen molar-refractivity contribution in [1.82, 2.24) is 0 Å². The van der Waals surface area contributed by atoms with Gasteiger partial charge in [-0.3, -0.25) is 10.1 Å². The summed E-state index contributed by atoms with van der Waals surface area (Å²) in [7, 11) is 0. The smallest absolute Gasteiger partial charge is 0.269 e. The van der Waals surface area contributed by atoms with Crippen molar-refractivity contribution in [3.05, 3.63) is 99.4 Å². The molecule has 3 aromatic carbocycles. The van der Waals surface area contributed by atoms with Crippen molar-refractivity contribution in [3.63, 3.8) is 0 Å². The van der Waals surface area contributed by atoms with Crippen LogP contribution in [0.15, 0.2) is 66.7 Å². The van der Waals surface area contributed by atoms with E-state index in [1.807, 2.05) is 6.07 Å². The van der Waals surface area contributed by atoms with E-state index in [-0.39, 0.29) is 23.3 Å². The molecule has 1 aliphatic heterocycles. The lowest BCUT2D eigenvalue weighted by Gasteiger charge is -2.39.